The van der Waals surface area contributed by atoms with E-state index in [-0.39, 0.29) is 17.3 Å². The Hall–Kier alpha value is -1.44. The molecule has 0 saturated heterocycles. The number of carboxylic acid groups (broad SMARTS) is 1. The molecule has 0 saturated carbocycles. The number of aromatic nitrogens is 3. The van der Waals surface area contributed by atoms with Gasteiger partial charge in [-0.05, 0) is 12.8 Å². The molecule has 0 spiro atoms. The Morgan fingerprint density at radius 1 is 1.53 bits per heavy atom. The van der Waals surface area contributed by atoms with Gasteiger partial charge in [0.15, 0.2) is 14.9 Å². The zero-order valence-corrected chi connectivity index (χ0v) is 8.57. The van der Waals surface area contributed by atoms with Gasteiger partial charge in [0.1, 0.15) is 6.54 Å². The van der Waals surface area contributed by atoms with Gasteiger partial charge in [0.05, 0.1) is 11.4 Å². The molecule has 15 heavy (non-hydrogen) atoms. The van der Waals surface area contributed by atoms with Crippen LogP contribution in [0.2, 0.25) is 0 Å². The summed E-state index contributed by atoms with van der Waals surface area (Å²) in [5, 5.41) is 15.6. The molecule has 0 aliphatic carbocycles. The zero-order chi connectivity index (χ0) is 11.1. The largest absolute Gasteiger partial charge is 0.480 e. The van der Waals surface area contributed by atoms with Crippen molar-refractivity contribution in [2.75, 3.05) is 5.75 Å². The van der Waals surface area contributed by atoms with Gasteiger partial charge in [0, 0.05) is 0 Å². The molecule has 82 valence electrons. The second-order valence-corrected chi connectivity index (χ2v) is 5.34. The number of hydrogen-bond donors (Lipinski definition) is 1. The second-order valence-electron chi connectivity index (χ2n) is 3.32. The SMILES string of the molecule is O=C(O)Cn1nnc2c1CCCS2(=O)=O. The van der Waals surface area contributed by atoms with E-state index < -0.39 is 15.8 Å². The van der Waals surface area contributed by atoms with Gasteiger partial charge in [-0.1, -0.05) is 5.21 Å². The van der Waals surface area contributed by atoms with Crippen LogP contribution >= 0.6 is 0 Å². The van der Waals surface area contributed by atoms with Gasteiger partial charge in [-0.3, -0.25) is 4.79 Å². The average Bonchev–Trinajstić information content (AvgIpc) is 2.48. The highest BCUT2D eigenvalue weighted by atomic mass is 32.2. The maximum atomic E-state index is 11.5. The highest BCUT2D eigenvalue weighted by Gasteiger charge is 2.29. The fourth-order valence-electron chi connectivity index (χ4n) is 1.58. The van der Waals surface area contributed by atoms with E-state index in [9.17, 15) is 13.2 Å². The number of fused-ring (bicyclic) bond motifs is 1. The molecule has 1 N–H and O–H groups in total. The number of aliphatic carboxylic acids is 1. The predicted molar refractivity (Wildman–Crippen MR) is 48.0 cm³/mol. The summed E-state index contributed by atoms with van der Waals surface area (Å²) in [7, 11) is -3.34. The Morgan fingerprint density at radius 2 is 2.27 bits per heavy atom. The van der Waals surface area contributed by atoms with Gasteiger partial charge < -0.3 is 5.11 Å². The highest BCUT2D eigenvalue weighted by molar-refractivity contribution is 7.91. The highest BCUT2D eigenvalue weighted by Crippen LogP contribution is 2.22. The lowest BCUT2D eigenvalue weighted by molar-refractivity contribution is -0.138. The molecule has 0 radical (unpaired) electrons. The van der Waals surface area contributed by atoms with Crippen molar-refractivity contribution in [3.05, 3.63) is 5.69 Å². The van der Waals surface area contributed by atoms with Gasteiger partial charge in [-0.2, -0.15) is 0 Å². The normalized spacial score (nSPS) is 18.4. The summed E-state index contributed by atoms with van der Waals surface area (Å²) in [6, 6.07) is 0. The molecular weight excluding hydrogens is 222 g/mol. The number of rotatable bonds is 2. The van der Waals surface area contributed by atoms with E-state index in [0.717, 1.165) is 4.68 Å². The van der Waals surface area contributed by atoms with Crippen LogP contribution < -0.4 is 0 Å². The van der Waals surface area contributed by atoms with E-state index in [1.165, 1.54) is 0 Å². The minimum Gasteiger partial charge on any atom is -0.480 e. The van der Waals surface area contributed by atoms with Crippen LogP contribution in [0.15, 0.2) is 5.03 Å². The van der Waals surface area contributed by atoms with Crippen molar-refractivity contribution in [2.45, 2.75) is 24.4 Å². The third-order valence-electron chi connectivity index (χ3n) is 2.21. The van der Waals surface area contributed by atoms with Gasteiger partial charge >= 0.3 is 5.97 Å². The minimum absolute atomic E-state index is 0.0602. The molecule has 0 fully saturated rings. The molecule has 0 atom stereocenters. The molecule has 0 bridgehead atoms. The Morgan fingerprint density at radius 3 is 2.93 bits per heavy atom. The summed E-state index contributed by atoms with van der Waals surface area (Å²) < 4.78 is 24.2. The van der Waals surface area contributed by atoms with E-state index >= 15 is 0 Å². The summed E-state index contributed by atoms with van der Waals surface area (Å²) in [6.45, 7) is -0.349. The molecule has 2 rings (SSSR count). The number of carbonyl (C=O) groups is 1. The second kappa shape index (κ2) is 3.30. The van der Waals surface area contributed by atoms with Crippen molar-refractivity contribution in [3.63, 3.8) is 0 Å². The van der Waals surface area contributed by atoms with Gasteiger partial charge in [-0.25, -0.2) is 13.1 Å². The lowest BCUT2D eigenvalue weighted by Gasteiger charge is -2.11. The predicted octanol–water partition coefficient (Wildman–Crippen LogP) is -0.917. The Kier molecular flexibility index (Phi) is 2.22. The third-order valence-corrected chi connectivity index (χ3v) is 3.94. The van der Waals surface area contributed by atoms with E-state index in [1.54, 1.807) is 0 Å². The molecule has 0 amide bonds. The van der Waals surface area contributed by atoms with Crippen molar-refractivity contribution >= 4 is 15.8 Å². The van der Waals surface area contributed by atoms with Crippen molar-refractivity contribution in [1.82, 2.24) is 15.0 Å². The van der Waals surface area contributed by atoms with Crippen LogP contribution in [-0.4, -0.2) is 40.2 Å². The first-order valence-corrected chi connectivity index (χ1v) is 6.03. The molecule has 0 unspecified atom stereocenters. The molecule has 1 aliphatic heterocycles. The first kappa shape index (κ1) is 10.1. The summed E-state index contributed by atoms with van der Waals surface area (Å²) in [5.74, 6) is -1.00. The average molecular weight is 231 g/mol. The lowest BCUT2D eigenvalue weighted by atomic mass is 10.2. The van der Waals surface area contributed by atoms with Crippen LogP contribution in [0.5, 0.6) is 0 Å². The molecule has 1 aromatic rings. The number of nitrogens with zero attached hydrogens (tertiary/aromatic N) is 3. The first-order chi connectivity index (χ1) is 7.00. The molecule has 2 heterocycles. The van der Waals surface area contributed by atoms with Crippen LogP contribution in [0.3, 0.4) is 0 Å². The standard InChI is InChI=1S/C7H9N3O4S/c11-6(12)4-10-5-2-1-3-15(13,14)7(5)8-9-10/h1-4H2,(H,11,12). The fraction of sp³-hybridized carbons (Fsp3) is 0.571. The van der Waals surface area contributed by atoms with Gasteiger partial charge in [0.2, 0.25) is 0 Å². The van der Waals surface area contributed by atoms with Crippen molar-refractivity contribution in [3.8, 4) is 0 Å². The Labute approximate surface area is 85.6 Å². The van der Waals surface area contributed by atoms with Crippen LogP contribution in [0.1, 0.15) is 12.1 Å². The maximum Gasteiger partial charge on any atom is 0.325 e. The topological polar surface area (TPSA) is 102 Å². The van der Waals surface area contributed by atoms with Gasteiger partial charge in [0.25, 0.3) is 0 Å². The maximum absolute atomic E-state index is 11.5. The quantitative estimate of drug-likeness (QED) is 0.706. The molecule has 7 nitrogen and oxygen atoms in total. The third kappa shape index (κ3) is 1.72. The van der Waals surface area contributed by atoms with Crippen LogP contribution in [0.4, 0.5) is 0 Å². The Bertz CT molecular complexity index is 504. The number of sulfone groups is 1. The minimum atomic E-state index is -3.34. The molecule has 0 aromatic carbocycles. The monoisotopic (exact) mass is 231 g/mol. The molecular formula is C7H9N3O4S. The van der Waals surface area contributed by atoms with Crippen molar-refractivity contribution in [1.29, 1.82) is 0 Å². The van der Waals surface area contributed by atoms with E-state index in [1.807, 2.05) is 0 Å². The van der Waals surface area contributed by atoms with Crippen LogP contribution in [0, 0.1) is 0 Å². The number of hydrogen-bond acceptors (Lipinski definition) is 5. The summed E-state index contributed by atoms with van der Waals surface area (Å²) in [4.78, 5) is 10.5. The van der Waals surface area contributed by atoms with Gasteiger partial charge in [-0.15, -0.1) is 5.10 Å². The van der Waals surface area contributed by atoms with Crippen LogP contribution in [0.25, 0.3) is 0 Å². The van der Waals surface area contributed by atoms with Crippen molar-refractivity contribution < 1.29 is 18.3 Å². The molecule has 1 aromatic heterocycles. The lowest BCUT2D eigenvalue weighted by Crippen LogP contribution is -2.20. The van der Waals surface area contributed by atoms with E-state index in [0.29, 0.717) is 18.5 Å². The zero-order valence-electron chi connectivity index (χ0n) is 7.75. The smallest absolute Gasteiger partial charge is 0.325 e. The number of carboxylic acids is 1. The Balaban J connectivity index is 2.47. The van der Waals surface area contributed by atoms with Crippen LogP contribution in [-0.2, 0) is 27.6 Å². The summed E-state index contributed by atoms with van der Waals surface area (Å²) in [6.07, 6.45) is 0.997. The van der Waals surface area contributed by atoms with E-state index in [4.69, 9.17) is 5.11 Å². The molecule has 1 aliphatic rings. The first-order valence-electron chi connectivity index (χ1n) is 4.37. The summed E-state index contributed by atoms with van der Waals surface area (Å²) in [5.41, 5.74) is 0.406. The fourth-order valence-corrected chi connectivity index (χ4v) is 3.02. The van der Waals surface area contributed by atoms with Crippen molar-refractivity contribution in [2.24, 2.45) is 0 Å². The molecule has 8 heteroatoms. The summed E-state index contributed by atoms with van der Waals surface area (Å²) >= 11 is 0. The van der Waals surface area contributed by atoms with E-state index in [2.05, 4.69) is 10.3 Å².